The largest absolute Gasteiger partial charge is 0.508 e. The number of amides is 3. The van der Waals surface area contributed by atoms with Gasteiger partial charge in [-0.1, -0.05) is 54.6 Å². The van der Waals surface area contributed by atoms with E-state index < -0.39 is 35.6 Å². The summed E-state index contributed by atoms with van der Waals surface area (Å²) in [6.45, 7) is 10.4. The van der Waals surface area contributed by atoms with Crippen LogP contribution >= 0.6 is 0 Å². The molecule has 37 heavy (non-hydrogen) atoms. The second-order valence-electron chi connectivity index (χ2n) is 9.66. The van der Waals surface area contributed by atoms with Crippen LogP contribution in [0.4, 0.5) is 10.5 Å². The molecule has 0 bridgehead atoms. The van der Waals surface area contributed by atoms with Crippen molar-refractivity contribution in [3.05, 3.63) is 84.9 Å². The summed E-state index contributed by atoms with van der Waals surface area (Å²) < 4.78 is 5.26. The SMILES string of the molecule is C=CCN(C(=O)C(C)NC(=O)OC(C)(C)C)C(C(=O)Nc1ccc2ccccc2c1)c1ccccc1O. The van der Waals surface area contributed by atoms with Crippen LogP contribution in [0.25, 0.3) is 10.8 Å². The van der Waals surface area contributed by atoms with E-state index in [-0.39, 0.29) is 17.9 Å². The number of phenolic OH excluding ortho intramolecular Hbond substituents is 1. The third-order valence-corrected chi connectivity index (χ3v) is 5.52. The van der Waals surface area contributed by atoms with Gasteiger partial charge in [0.2, 0.25) is 5.91 Å². The Kier molecular flexibility index (Phi) is 8.55. The Morgan fingerprint density at radius 3 is 2.32 bits per heavy atom. The Hall–Kier alpha value is -4.33. The minimum Gasteiger partial charge on any atom is -0.508 e. The number of rotatable bonds is 8. The number of aromatic hydroxyl groups is 1. The van der Waals surface area contributed by atoms with Crippen molar-refractivity contribution >= 4 is 34.4 Å². The number of ether oxygens (including phenoxy) is 1. The molecule has 0 radical (unpaired) electrons. The number of para-hydroxylation sites is 1. The van der Waals surface area contributed by atoms with E-state index in [0.29, 0.717) is 5.69 Å². The average molecular weight is 504 g/mol. The molecule has 3 aromatic rings. The van der Waals surface area contributed by atoms with Gasteiger partial charge >= 0.3 is 6.09 Å². The molecule has 2 unspecified atom stereocenters. The number of fused-ring (bicyclic) bond motifs is 1. The summed E-state index contributed by atoms with van der Waals surface area (Å²) >= 11 is 0. The second-order valence-corrected chi connectivity index (χ2v) is 9.66. The van der Waals surface area contributed by atoms with Gasteiger partial charge in [-0.2, -0.15) is 0 Å². The van der Waals surface area contributed by atoms with Crippen LogP contribution < -0.4 is 10.6 Å². The number of alkyl carbamates (subject to hydrolysis) is 1. The minimum absolute atomic E-state index is 0.0106. The molecule has 0 heterocycles. The third-order valence-electron chi connectivity index (χ3n) is 5.52. The average Bonchev–Trinajstić information content (AvgIpc) is 2.83. The van der Waals surface area contributed by atoms with Crippen molar-refractivity contribution in [1.29, 1.82) is 0 Å². The molecule has 3 amide bonds. The quantitative estimate of drug-likeness (QED) is 0.368. The first kappa shape index (κ1) is 27.3. The van der Waals surface area contributed by atoms with Crippen molar-refractivity contribution < 1.29 is 24.2 Å². The highest BCUT2D eigenvalue weighted by Gasteiger charge is 2.35. The van der Waals surface area contributed by atoms with Gasteiger partial charge in [0.15, 0.2) is 0 Å². The van der Waals surface area contributed by atoms with E-state index in [1.54, 1.807) is 45.0 Å². The van der Waals surface area contributed by atoms with Crippen LogP contribution in [0.1, 0.15) is 39.3 Å². The maximum Gasteiger partial charge on any atom is 0.408 e. The van der Waals surface area contributed by atoms with Crippen LogP contribution in [0.3, 0.4) is 0 Å². The van der Waals surface area contributed by atoms with Crippen LogP contribution in [0.15, 0.2) is 79.4 Å². The molecule has 0 saturated heterocycles. The number of nitrogens with one attached hydrogen (secondary N) is 2. The molecule has 3 N–H and O–H groups in total. The Bertz CT molecular complexity index is 1300. The van der Waals surface area contributed by atoms with E-state index in [2.05, 4.69) is 17.2 Å². The standard InChI is InChI=1S/C29H33N3O5/c1-6-17-32(27(35)19(2)30-28(36)37-29(3,4)5)25(23-13-9-10-14-24(23)33)26(34)31-22-16-15-20-11-7-8-12-21(20)18-22/h6-16,18-19,25,33H,1,17H2,2-5H3,(H,30,36)(H,31,34). The highest BCUT2D eigenvalue weighted by molar-refractivity contribution is 6.00. The van der Waals surface area contributed by atoms with Crippen LogP contribution in [-0.4, -0.2) is 46.1 Å². The molecule has 0 aromatic heterocycles. The summed E-state index contributed by atoms with van der Waals surface area (Å²) in [5.74, 6) is -1.22. The summed E-state index contributed by atoms with van der Waals surface area (Å²) in [4.78, 5) is 40.8. The van der Waals surface area contributed by atoms with Gasteiger partial charge in [-0.15, -0.1) is 6.58 Å². The maximum atomic E-state index is 13.7. The highest BCUT2D eigenvalue weighted by Crippen LogP contribution is 2.31. The molecule has 2 atom stereocenters. The van der Waals surface area contributed by atoms with Crippen molar-refractivity contribution in [3.8, 4) is 5.75 Å². The van der Waals surface area contributed by atoms with E-state index in [1.807, 2.05) is 36.4 Å². The zero-order valence-corrected chi connectivity index (χ0v) is 21.5. The van der Waals surface area contributed by atoms with Crippen LogP contribution in [-0.2, 0) is 14.3 Å². The molecule has 0 aliphatic carbocycles. The monoisotopic (exact) mass is 503 g/mol. The molecule has 0 aliphatic rings. The maximum absolute atomic E-state index is 13.7. The minimum atomic E-state index is -1.21. The summed E-state index contributed by atoms with van der Waals surface area (Å²) in [5, 5.41) is 18.0. The molecule has 8 heteroatoms. The third kappa shape index (κ3) is 7.10. The number of carbonyl (C=O) groups is 3. The zero-order chi connectivity index (χ0) is 27.2. The van der Waals surface area contributed by atoms with Crippen LogP contribution in [0.5, 0.6) is 5.75 Å². The van der Waals surface area contributed by atoms with Gasteiger partial charge in [0, 0.05) is 17.8 Å². The van der Waals surface area contributed by atoms with E-state index in [0.717, 1.165) is 10.8 Å². The number of anilines is 1. The molecule has 0 saturated carbocycles. The number of hydrogen-bond donors (Lipinski definition) is 3. The first-order chi connectivity index (χ1) is 17.5. The Morgan fingerprint density at radius 1 is 1.03 bits per heavy atom. The van der Waals surface area contributed by atoms with Gasteiger partial charge in [-0.3, -0.25) is 9.59 Å². The second kappa shape index (κ2) is 11.6. The highest BCUT2D eigenvalue weighted by atomic mass is 16.6. The van der Waals surface area contributed by atoms with Gasteiger partial charge in [-0.25, -0.2) is 4.79 Å². The Labute approximate surface area is 216 Å². The predicted molar refractivity (Wildman–Crippen MR) is 144 cm³/mol. The molecule has 8 nitrogen and oxygen atoms in total. The van der Waals surface area contributed by atoms with Crippen molar-refractivity contribution in [1.82, 2.24) is 10.2 Å². The fourth-order valence-corrected chi connectivity index (χ4v) is 3.90. The molecule has 3 aromatic carbocycles. The predicted octanol–water partition coefficient (Wildman–Crippen LogP) is 5.15. The number of carbonyl (C=O) groups excluding carboxylic acids is 3. The normalized spacial score (nSPS) is 12.8. The smallest absolute Gasteiger partial charge is 0.408 e. The van der Waals surface area contributed by atoms with E-state index in [9.17, 15) is 19.5 Å². The Morgan fingerprint density at radius 2 is 1.68 bits per heavy atom. The van der Waals surface area contributed by atoms with E-state index in [4.69, 9.17) is 4.74 Å². The van der Waals surface area contributed by atoms with Crippen molar-refractivity contribution in [2.75, 3.05) is 11.9 Å². The fraction of sp³-hybridized carbons (Fsp3) is 0.276. The lowest BCUT2D eigenvalue weighted by Gasteiger charge is -2.33. The first-order valence-corrected chi connectivity index (χ1v) is 12.0. The van der Waals surface area contributed by atoms with E-state index in [1.165, 1.54) is 24.0 Å². The van der Waals surface area contributed by atoms with E-state index >= 15 is 0 Å². The van der Waals surface area contributed by atoms with Gasteiger partial charge in [0.1, 0.15) is 23.4 Å². The zero-order valence-electron chi connectivity index (χ0n) is 21.5. The summed E-state index contributed by atoms with van der Waals surface area (Å²) in [6, 6.07) is 17.3. The first-order valence-electron chi connectivity index (χ1n) is 12.0. The summed E-state index contributed by atoms with van der Waals surface area (Å²) in [5.41, 5.74) is 0.0293. The van der Waals surface area contributed by atoms with Crippen molar-refractivity contribution in [2.45, 2.75) is 45.4 Å². The summed E-state index contributed by atoms with van der Waals surface area (Å²) in [6.07, 6.45) is 0.723. The van der Waals surface area contributed by atoms with Crippen LogP contribution in [0.2, 0.25) is 0 Å². The van der Waals surface area contributed by atoms with Crippen molar-refractivity contribution in [3.63, 3.8) is 0 Å². The molecule has 3 rings (SSSR count). The fourth-order valence-electron chi connectivity index (χ4n) is 3.90. The molecular weight excluding hydrogens is 470 g/mol. The topological polar surface area (TPSA) is 108 Å². The molecule has 194 valence electrons. The molecule has 0 spiro atoms. The molecule has 0 aliphatic heterocycles. The lowest BCUT2D eigenvalue weighted by atomic mass is 10.0. The summed E-state index contributed by atoms with van der Waals surface area (Å²) in [7, 11) is 0. The lowest BCUT2D eigenvalue weighted by molar-refractivity contribution is -0.139. The number of nitrogens with zero attached hydrogens (tertiary/aromatic N) is 1. The van der Waals surface area contributed by atoms with Gasteiger partial charge in [-0.05, 0) is 56.7 Å². The van der Waals surface area contributed by atoms with Gasteiger partial charge in [0.25, 0.3) is 5.91 Å². The lowest BCUT2D eigenvalue weighted by Crippen LogP contribution is -2.51. The van der Waals surface area contributed by atoms with Crippen LogP contribution in [0, 0.1) is 0 Å². The number of hydrogen-bond acceptors (Lipinski definition) is 5. The Balaban J connectivity index is 1.94. The number of phenols is 1. The van der Waals surface area contributed by atoms with Gasteiger partial charge < -0.3 is 25.4 Å². The van der Waals surface area contributed by atoms with Crippen molar-refractivity contribution in [2.24, 2.45) is 0 Å². The number of benzene rings is 3. The molecule has 0 fully saturated rings. The molecular formula is C29H33N3O5. The van der Waals surface area contributed by atoms with Gasteiger partial charge in [0.05, 0.1) is 0 Å².